The molecule has 0 aliphatic carbocycles. The van der Waals surface area contributed by atoms with Crippen LogP contribution in [0.1, 0.15) is 5.56 Å². The average Bonchev–Trinajstić information content (AvgIpc) is 2.73. The van der Waals surface area contributed by atoms with E-state index in [0.717, 1.165) is 11.1 Å². The topological polar surface area (TPSA) is 103 Å². The van der Waals surface area contributed by atoms with E-state index in [1.807, 2.05) is 25.1 Å². The van der Waals surface area contributed by atoms with E-state index in [1.54, 1.807) is 30.3 Å². The number of aromatic amines is 1. The lowest BCUT2D eigenvalue weighted by Gasteiger charge is -2.12. The van der Waals surface area contributed by atoms with Crippen LogP contribution in [-0.4, -0.2) is 18.1 Å². The van der Waals surface area contributed by atoms with Crippen LogP contribution in [-0.2, 0) is 0 Å². The number of aromatic nitrogens is 1. The molecule has 29 heavy (non-hydrogen) atoms. The predicted octanol–water partition coefficient (Wildman–Crippen LogP) is 2.90. The largest absolute Gasteiger partial charge is 0.453 e. The molecule has 4 aromatic carbocycles. The Kier molecular flexibility index (Phi) is 3.89. The SMILES string of the molecule is Cc1ccc2[nH]c3c(cc(NCC[NH3+])c4c(=O)c5ccccc5c(=O)c43)oc2c1. The molecule has 0 atom stereocenters. The van der Waals surface area contributed by atoms with Gasteiger partial charge in [0.25, 0.3) is 0 Å². The van der Waals surface area contributed by atoms with Gasteiger partial charge in [-0.2, -0.15) is 0 Å². The van der Waals surface area contributed by atoms with Gasteiger partial charge >= 0.3 is 0 Å². The van der Waals surface area contributed by atoms with Gasteiger partial charge in [-0.15, -0.1) is 0 Å². The number of hydrogen-bond acceptors (Lipinski definition) is 4. The van der Waals surface area contributed by atoms with Crippen molar-refractivity contribution in [3.05, 3.63) is 74.5 Å². The second-order valence-electron chi connectivity index (χ2n) is 7.26. The Hall–Kier alpha value is -3.64. The zero-order valence-electron chi connectivity index (χ0n) is 16.0. The third-order valence-corrected chi connectivity index (χ3v) is 5.27. The van der Waals surface area contributed by atoms with Crippen molar-refractivity contribution in [2.24, 2.45) is 0 Å². The van der Waals surface area contributed by atoms with Gasteiger partial charge < -0.3 is 20.5 Å². The number of hydrogen-bond donors (Lipinski definition) is 3. The molecule has 5 rings (SSSR count). The Morgan fingerprint density at radius 3 is 2.41 bits per heavy atom. The fraction of sp³-hybridized carbons (Fsp3) is 0.130. The molecule has 1 heterocycles. The molecule has 5 N–H and O–H groups in total. The molecule has 0 radical (unpaired) electrons. The molecular weight excluding hydrogens is 366 g/mol. The summed E-state index contributed by atoms with van der Waals surface area (Å²) in [6.07, 6.45) is 0. The molecule has 6 heteroatoms. The van der Waals surface area contributed by atoms with Gasteiger partial charge in [-0.25, -0.2) is 0 Å². The second-order valence-corrected chi connectivity index (χ2v) is 7.26. The number of fused-ring (bicyclic) bond motifs is 5. The van der Waals surface area contributed by atoms with Crippen LogP contribution in [0.4, 0.5) is 5.69 Å². The van der Waals surface area contributed by atoms with E-state index in [4.69, 9.17) is 4.42 Å². The molecule has 144 valence electrons. The lowest BCUT2D eigenvalue weighted by atomic mass is 9.99. The van der Waals surface area contributed by atoms with Crippen molar-refractivity contribution >= 4 is 49.4 Å². The lowest BCUT2D eigenvalue weighted by Crippen LogP contribution is -2.53. The Labute approximate surface area is 164 Å². The van der Waals surface area contributed by atoms with Gasteiger partial charge in [0.2, 0.25) is 0 Å². The van der Waals surface area contributed by atoms with Crippen molar-refractivity contribution in [1.29, 1.82) is 0 Å². The van der Waals surface area contributed by atoms with Crippen molar-refractivity contribution in [2.45, 2.75) is 6.92 Å². The summed E-state index contributed by atoms with van der Waals surface area (Å²) in [5, 5.41) is 4.82. The van der Waals surface area contributed by atoms with Gasteiger partial charge in [-0.3, -0.25) is 9.59 Å². The van der Waals surface area contributed by atoms with Gasteiger partial charge in [-0.05, 0) is 24.6 Å². The summed E-state index contributed by atoms with van der Waals surface area (Å²) < 4.78 is 6.13. The van der Waals surface area contributed by atoms with E-state index >= 15 is 0 Å². The van der Waals surface area contributed by atoms with Crippen LogP contribution in [0.15, 0.2) is 62.5 Å². The molecule has 0 unspecified atom stereocenters. The molecule has 5 aromatic rings. The Balaban J connectivity index is 2.05. The average molecular weight is 386 g/mol. The van der Waals surface area contributed by atoms with Crippen molar-refractivity contribution in [3.8, 4) is 0 Å². The summed E-state index contributed by atoms with van der Waals surface area (Å²) in [5.74, 6) is 0. The highest BCUT2D eigenvalue weighted by atomic mass is 16.3. The van der Waals surface area contributed by atoms with Crippen LogP contribution in [0.5, 0.6) is 0 Å². The molecule has 0 aliphatic rings. The summed E-state index contributed by atoms with van der Waals surface area (Å²) in [6, 6.07) is 14.6. The predicted molar refractivity (Wildman–Crippen MR) is 117 cm³/mol. The van der Waals surface area contributed by atoms with Crippen molar-refractivity contribution in [3.63, 3.8) is 0 Å². The Bertz CT molecular complexity index is 1550. The lowest BCUT2D eigenvalue weighted by molar-refractivity contribution is -0.362. The molecule has 0 bridgehead atoms. The van der Waals surface area contributed by atoms with Crippen LogP contribution in [0.2, 0.25) is 0 Å². The highest BCUT2D eigenvalue weighted by Crippen LogP contribution is 2.31. The molecule has 0 spiro atoms. The smallest absolute Gasteiger partial charge is 0.196 e. The molecule has 0 fully saturated rings. The van der Waals surface area contributed by atoms with Crippen LogP contribution < -0.4 is 21.9 Å². The molecule has 0 saturated heterocycles. The van der Waals surface area contributed by atoms with Crippen LogP contribution >= 0.6 is 0 Å². The molecule has 6 nitrogen and oxygen atoms in total. The first-order chi connectivity index (χ1) is 14.1. The zero-order chi connectivity index (χ0) is 20.1. The first kappa shape index (κ1) is 17.5. The van der Waals surface area contributed by atoms with Gasteiger partial charge in [0.05, 0.1) is 40.6 Å². The van der Waals surface area contributed by atoms with Gasteiger partial charge in [0, 0.05) is 16.8 Å². The Morgan fingerprint density at radius 2 is 1.69 bits per heavy atom. The first-order valence-electron chi connectivity index (χ1n) is 9.56. The number of nitrogens with one attached hydrogen (secondary N) is 2. The number of H-pyrrole nitrogens is 1. The van der Waals surface area contributed by atoms with E-state index in [0.29, 0.717) is 57.0 Å². The summed E-state index contributed by atoms with van der Waals surface area (Å²) in [5.41, 5.74) is 7.68. The van der Waals surface area contributed by atoms with Crippen molar-refractivity contribution < 1.29 is 10.2 Å². The fourth-order valence-electron chi connectivity index (χ4n) is 3.91. The van der Waals surface area contributed by atoms with E-state index in [2.05, 4.69) is 16.0 Å². The number of rotatable bonds is 3. The maximum absolute atomic E-state index is 13.4. The molecular formula is C23H20N3O3+. The zero-order valence-corrected chi connectivity index (χ0v) is 16.0. The van der Waals surface area contributed by atoms with Crippen LogP contribution in [0, 0.1) is 6.92 Å². The highest BCUT2D eigenvalue weighted by Gasteiger charge is 2.19. The normalized spacial score (nSPS) is 11.7. The second kappa shape index (κ2) is 6.46. The van der Waals surface area contributed by atoms with Gasteiger partial charge in [-0.1, -0.05) is 30.3 Å². The minimum atomic E-state index is -0.184. The number of quaternary nitrogens is 1. The summed E-state index contributed by atoms with van der Waals surface area (Å²) in [6.45, 7) is 3.22. The third-order valence-electron chi connectivity index (χ3n) is 5.27. The summed E-state index contributed by atoms with van der Waals surface area (Å²) >= 11 is 0. The maximum atomic E-state index is 13.4. The Morgan fingerprint density at radius 1 is 0.966 bits per heavy atom. The van der Waals surface area contributed by atoms with E-state index in [1.165, 1.54) is 0 Å². The quantitative estimate of drug-likeness (QED) is 0.328. The fourth-order valence-corrected chi connectivity index (χ4v) is 3.91. The van der Waals surface area contributed by atoms with Gasteiger partial charge in [0.1, 0.15) is 0 Å². The van der Waals surface area contributed by atoms with Crippen molar-refractivity contribution in [2.75, 3.05) is 18.4 Å². The standard InChI is InChI=1S/C23H19N3O3/c1-12-6-7-15-17(10-12)29-18-11-16(25-9-8-24)19-20(21(18)26-15)23(28)14-5-3-2-4-13(14)22(19)27/h2-7,10-11,25-26H,8-9,24H2,1H3/p+1. The third kappa shape index (κ3) is 2.61. The van der Waals surface area contributed by atoms with Gasteiger partial charge in [0.15, 0.2) is 22.0 Å². The molecule has 0 saturated carbocycles. The van der Waals surface area contributed by atoms with E-state index < -0.39 is 0 Å². The van der Waals surface area contributed by atoms with Crippen molar-refractivity contribution in [1.82, 2.24) is 4.98 Å². The summed E-state index contributed by atoms with van der Waals surface area (Å²) in [7, 11) is 0. The number of benzene rings is 4. The minimum Gasteiger partial charge on any atom is -0.453 e. The number of aryl methyl sites for hydroxylation is 1. The van der Waals surface area contributed by atoms with Crippen LogP contribution in [0.25, 0.3) is 43.7 Å². The maximum Gasteiger partial charge on any atom is 0.196 e. The summed E-state index contributed by atoms with van der Waals surface area (Å²) in [4.78, 5) is 30.1. The van der Waals surface area contributed by atoms with Crippen LogP contribution in [0.3, 0.4) is 0 Å². The molecule has 0 aliphatic heterocycles. The van der Waals surface area contributed by atoms with E-state index in [9.17, 15) is 9.59 Å². The monoisotopic (exact) mass is 386 g/mol. The molecule has 1 aromatic heterocycles. The van der Waals surface area contributed by atoms with E-state index in [-0.39, 0.29) is 10.9 Å². The molecule has 0 amide bonds. The minimum absolute atomic E-state index is 0.166. The number of anilines is 1. The highest BCUT2D eigenvalue weighted by molar-refractivity contribution is 6.14. The first-order valence-corrected chi connectivity index (χ1v) is 9.56.